The Bertz CT molecular complexity index is 1580. The number of nitrogens with zero attached hydrogens (tertiary/aromatic N) is 2. The molecule has 0 spiro atoms. The Kier molecular flexibility index (Phi) is 6.30. The number of aryl methyl sites for hydroxylation is 3. The maximum atomic E-state index is 13.6. The number of carbonyl (C=O) groups is 2. The molecule has 0 radical (unpaired) electrons. The molecule has 1 aromatic heterocycles. The number of aliphatic hydroxyl groups excluding tert-OH is 1. The van der Waals surface area contributed by atoms with Crippen LogP contribution in [0, 0.1) is 6.92 Å². The number of para-hydroxylation sites is 1. The number of hydrogen-bond donors (Lipinski definition) is 1. The summed E-state index contributed by atoms with van der Waals surface area (Å²) < 4.78 is 7.44. The summed E-state index contributed by atoms with van der Waals surface area (Å²) in [7, 11) is 3.36. The zero-order chi connectivity index (χ0) is 26.4. The molecule has 4 aromatic rings. The van der Waals surface area contributed by atoms with Gasteiger partial charge >= 0.3 is 0 Å². The average Bonchev–Trinajstić information content (AvgIpc) is 3.36. The second-order valence-electron chi connectivity index (χ2n) is 9.23. The number of carbonyl (C=O) groups excluding carboxylic acids is 2. The summed E-state index contributed by atoms with van der Waals surface area (Å²) in [6, 6.07) is 17.9. The molecule has 5 rings (SSSR count). The van der Waals surface area contributed by atoms with Crippen molar-refractivity contribution in [3.05, 3.63) is 99.7 Å². The SMILES string of the molecule is CCc1ccc(N2C(=O)C(=O)/C(=C(/O)c3cc(C)cc(Cl)c3OC)C2c2cn(C)c3ccccc23)cc1. The van der Waals surface area contributed by atoms with Crippen LogP contribution < -0.4 is 9.64 Å². The molecule has 1 amide bonds. The van der Waals surface area contributed by atoms with Gasteiger partial charge in [0.05, 0.1) is 29.3 Å². The molecule has 6 nitrogen and oxygen atoms in total. The lowest BCUT2D eigenvalue weighted by Crippen LogP contribution is -2.29. The van der Waals surface area contributed by atoms with Crippen molar-refractivity contribution in [3.63, 3.8) is 0 Å². The highest BCUT2D eigenvalue weighted by Crippen LogP contribution is 2.46. The summed E-state index contributed by atoms with van der Waals surface area (Å²) in [5, 5.41) is 12.8. The fourth-order valence-corrected chi connectivity index (χ4v) is 5.48. The van der Waals surface area contributed by atoms with Gasteiger partial charge in [0.2, 0.25) is 0 Å². The van der Waals surface area contributed by atoms with E-state index in [9.17, 15) is 14.7 Å². The fourth-order valence-electron chi connectivity index (χ4n) is 5.13. The third kappa shape index (κ3) is 3.98. The number of ketones is 1. The second-order valence-corrected chi connectivity index (χ2v) is 9.64. The molecular weight excluding hydrogens is 488 g/mol. The summed E-state index contributed by atoms with van der Waals surface area (Å²) in [6.07, 6.45) is 2.75. The summed E-state index contributed by atoms with van der Waals surface area (Å²) in [6.45, 7) is 3.88. The molecule has 0 saturated carbocycles. The molecule has 37 heavy (non-hydrogen) atoms. The zero-order valence-corrected chi connectivity index (χ0v) is 21.8. The topological polar surface area (TPSA) is 71.8 Å². The minimum absolute atomic E-state index is 0.0131. The predicted molar refractivity (Wildman–Crippen MR) is 146 cm³/mol. The van der Waals surface area contributed by atoms with Crippen LogP contribution in [0.2, 0.25) is 5.02 Å². The number of aromatic nitrogens is 1. The van der Waals surface area contributed by atoms with Crippen molar-refractivity contribution in [2.24, 2.45) is 7.05 Å². The lowest BCUT2D eigenvalue weighted by Gasteiger charge is -2.25. The van der Waals surface area contributed by atoms with Crippen LogP contribution in [-0.4, -0.2) is 28.5 Å². The van der Waals surface area contributed by atoms with Gasteiger partial charge in [-0.1, -0.05) is 48.9 Å². The first kappa shape index (κ1) is 24.7. The van der Waals surface area contributed by atoms with E-state index in [4.69, 9.17) is 16.3 Å². The number of methoxy groups -OCH3 is 1. The highest BCUT2D eigenvalue weighted by Gasteiger charge is 2.48. The predicted octanol–water partition coefficient (Wildman–Crippen LogP) is 6.34. The van der Waals surface area contributed by atoms with Crippen molar-refractivity contribution in [1.29, 1.82) is 0 Å². The Morgan fingerprint density at radius 3 is 2.46 bits per heavy atom. The molecule has 1 atom stereocenters. The Morgan fingerprint density at radius 1 is 1.08 bits per heavy atom. The second kappa shape index (κ2) is 9.45. The molecule has 2 heterocycles. The Hall–Kier alpha value is -4.03. The van der Waals surface area contributed by atoms with Gasteiger partial charge < -0.3 is 14.4 Å². The Labute approximate surface area is 220 Å². The van der Waals surface area contributed by atoms with Crippen molar-refractivity contribution in [2.45, 2.75) is 26.3 Å². The van der Waals surface area contributed by atoms with Crippen LogP contribution in [0.1, 0.15) is 35.2 Å². The number of hydrogen-bond acceptors (Lipinski definition) is 4. The van der Waals surface area contributed by atoms with Gasteiger partial charge in [-0.25, -0.2) is 0 Å². The summed E-state index contributed by atoms with van der Waals surface area (Å²) in [5.41, 5.74) is 4.39. The van der Waals surface area contributed by atoms with Gasteiger partial charge in [-0.15, -0.1) is 0 Å². The van der Waals surface area contributed by atoms with Gasteiger partial charge in [0.25, 0.3) is 11.7 Å². The van der Waals surface area contributed by atoms with Crippen LogP contribution in [0.15, 0.2) is 72.4 Å². The molecule has 0 bridgehead atoms. The van der Waals surface area contributed by atoms with Crippen LogP contribution in [0.25, 0.3) is 16.7 Å². The van der Waals surface area contributed by atoms with Crippen molar-refractivity contribution >= 4 is 45.6 Å². The van der Waals surface area contributed by atoms with E-state index in [1.54, 1.807) is 12.1 Å². The third-order valence-corrected chi connectivity index (χ3v) is 7.22. The molecule has 1 aliphatic heterocycles. The van der Waals surface area contributed by atoms with E-state index < -0.39 is 17.7 Å². The normalized spacial score (nSPS) is 17.1. The number of ether oxygens (including phenoxy) is 1. The minimum Gasteiger partial charge on any atom is -0.507 e. The third-order valence-electron chi connectivity index (χ3n) is 6.94. The van der Waals surface area contributed by atoms with Crippen LogP contribution in [0.4, 0.5) is 5.69 Å². The lowest BCUT2D eigenvalue weighted by atomic mass is 9.94. The van der Waals surface area contributed by atoms with Crippen LogP contribution >= 0.6 is 11.6 Å². The van der Waals surface area contributed by atoms with E-state index in [2.05, 4.69) is 6.92 Å². The smallest absolute Gasteiger partial charge is 0.300 e. The van der Waals surface area contributed by atoms with Gasteiger partial charge in [-0.2, -0.15) is 0 Å². The molecule has 1 unspecified atom stereocenters. The highest BCUT2D eigenvalue weighted by molar-refractivity contribution is 6.52. The van der Waals surface area contributed by atoms with Crippen molar-refractivity contribution in [2.75, 3.05) is 12.0 Å². The van der Waals surface area contributed by atoms with E-state index in [1.807, 2.05) is 73.3 Å². The molecule has 3 aromatic carbocycles. The first-order chi connectivity index (χ1) is 17.8. The molecule has 1 aliphatic rings. The van der Waals surface area contributed by atoms with E-state index in [0.717, 1.165) is 34.0 Å². The van der Waals surface area contributed by atoms with Gasteiger partial charge in [0.15, 0.2) is 0 Å². The molecule has 1 fully saturated rings. The van der Waals surface area contributed by atoms with Crippen LogP contribution in [0.5, 0.6) is 5.75 Å². The average molecular weight is 515 g/mol. The number of rotatable bonds is 5. The Balaban J connectivity index is 1.82. The van der Waals surface area contributed by atoms with Gasteiger partial charge in [-0.3, -0.25) is 14.5 Å². The number of aliphatic hydroxyl groups is 1. The van der Waals surface area contributed by atoms with Crippen molar-refractivity contribution in [1.82, 2.24) is 4.57 Å². The highest BCUT2D eigenvalue weighted by atomic mass is 35.5. The van der Waals surface area contributed by atoms with Crippen molar-refractivity contribution < 1.29 is 19.4 Å². The molecular formula is C30H27ClN2O4. The largest absolute Gasteiger partial charge is 0.507 e. The molecule has 0 aliphatic carbocycles. The number of fused-ring (bicyclic) bond motifs is 1. The van der Waals surface area contributed by atoms with Crippen molar-refractivity contribution in [3.8, 4) is 5.75 Å². The van der Waals surface area contributed by atoms with E-state index in [1.165, 1.54) is 12.0 Å². The standard InChI is InChI=1S/C30H27ClN2O4/c1-5-18-10-12-19(13-11-18)33-26(22-16-32(3)24-9-7-6-8-20(22)24)25(28(35)30(33)36)27(34)21-14-17(2)15-23(31)29(21)37-4/h6-16,26,34H,5H2,1-4H3/b27-25+. The zero-order valence-electron chi connectivity index (χ0n) is 21.1. The number of amides is 1. The minimum atomic E-state index is -0.859. The maximum Gasteiger partial charge on any atom is 0.300 e. The van der Waals surface area contributed by atoms with E-state index in [0.29, 0.717) is 10.7 Å². The first-order valence-electron chi connectivity index (χ1n) is 12.0. The van der Waals surface area contributed by atoms with Crippen LogP contribution in [0.3, 0.4) is 0 Å². The summed E-state index contributed by atoms with van der Waals surface area (Å²) in [5.74, 6) is -1.57. The lowest BCUT2D eigenvalue weighted by molar-refractivity contribution is -0.132. The number of Topliss-reactive ketones (excluding diaryl/α,β-unsaturated/α-hetero) is 1. The fraction of sp³-hybridized carbons (Fsp3) is 0.200. The molecule has 1 saturated heterocycles. The monoisotopic (exact) mass is 514 g/mol. The van der Waals surface area contributed by atoms with Gasteiger partial charge in [-0.05, 0) is 54.8 Å². The first-order valence-corrected chi connectivity index (χ1v) is 12.4. The summed E-state index contributed by atoms with van der Waals surface area (Å²) >= 11 is 6.41. The number of halogens is 1. The number of anilines is 1. The van der Waals surface area contributed by atoms with Gasteiger partial charge in [0.1, 0.15) is 11.5 Å². The Morgan fingerprint density at radius 2 is 1.78 bits per heavy atom. The molecule has 7 heteroatoms. The number of benzene rings is 3. The van der Waals surface area contributed by atoms with Gasteiger partial charge in [0, 0.05) is 35.4 Å². The maximum absolute atomic E-state index is 13.6. The van der Waals surface area contributed by atoms with E-state index >= 15 is 0 Å². The molecule has 1 N–H and O–H groups in total. The summed E-state index contributed by atoms with van der Waals surface area (Å²) in [4.78, 5) is 28.7. The quantitative estimate of drug-likeness (QED) is 0.192. The van der Waals surface area contributed by atoms with Crippen LogP contribution in [-0.2, 0) is 23.1 Å². The molecule has 188 valence electrons. The van der Waals surface area contributed by atoms with E-state index in [-0.39, 0.29) is 22.6 Å².